The number of esters is 1. The van der Waals surface area contributed by atoms with E-state index in [1.54, 1.807) is 0 Å². The summed E-state index contributed by atoms with van der Waals surface area (Å²) in [5, 5.41) is 18.9. The van der Waals surface area contributed by atoms with Crippen LogP contribution in [0.4, 0.5) is 0 Å². The topological polar surface area (TPSA) is 66.8 Å². The molecule has 0 aliphatic rings. The average molecular weight is 322 g/mol. The molecule has 0 saturated heterocycles. The molecule has 2 atom stereocenters. The first kappa shape index (κ1) is 21.5. The highest BCUT2D eigenvalue weighted by molar-refractivity contribution is 5.68. The molecule has 0 radical (unpaired) electrons. The first-order chi connectivity index (χ1) is 11.1. The minimum atomic E-state index is -0.764. The zero-order valence-corrected chi connectivity index (χ0v) is 14.4. The number of hydrogen-bond acceptors (Lipinski definition) is 4. The van der Waals surface area contributed by atoms with Gasteiger partial charge in [0.15, 0.2) is 0 Å². The monoisotopic (exact) mass is 322 g/mol. The van der Waals surface area contributed by atoms with Crippen molar-refractivity contribution in [3.05, 3.63) is 0 Å². The highest BCUT2D eigenvalue weighted by Gasteiger charge is 2.11. The van der Waals surface area contributed by atoms with Gasteiger partial charge in [-0.3, -0.25) is 4.79 Å². The van der Waals surface area contributed by atoms with Crippen molar-refractivity contribution in [2.24, 2.45) is 0 Å². The summed E-state index contributed by atoms with van der Waals surface area (Å²) < 4.78 is 4.59. The molecule has 2 unspecified atom stereocenters. The number of hydrogen-bond donors (Lipinski definition) is 2. The summed E-state index contributed by atoms with van der Waals surface area (Å²) in [7, 11) is 1.42. The van der Waals surface area contributed by atoms with E-state index in [0.717, 1.165) is 38.5 Å². The Kier molecular flexibility index (Phi) is 14.4. The van der Waals surface area contributed by atoms with Crippen LogP contribution in [0.5, 0.6) is 0 Å². The smallest absolute Gasteiger partial charge is 0.305 e. The van der Waals surface area contributed by atoms with Gasteiger partial charge in [-0.25, -0.2) is 0 Å². The molecular formula is C19H30O4. The fourth-order valence-electron chi connectivity index (χ4n) is 1.96. The van der Waals surface area contributed by atoms with Gasteiger partial charge < -0.3 is 14.9 Å². The van der Waals surface area contributed by atoms with Crippen LogP contribution in [0, 0.1) is 23.7 Å². The van der Waals surface area contributed by atoms with E-state index in [1.165, 1.54) is 7.11 Å². The van der Waals surface area contributed by atoms with Crippen molar-refractivity contribution in [3.8, 4) is 23.7 Å². The quantitative estimate of drug-likeness (QED) is 0.369. The standard InChI is InChI=1S/C19H30O4/c1-3-17(20)18(21)15-13-11-9-7-5-4-6-8-10-12-14-16-19(22)23-2/h17-18,20-21H,3-4,6,8-10,12,14-16H2,1-2H3. The van der Waals surface area contributed by atoms with Gasteiger partial charge in [0.25, 0.3) is 0 Å². The van der Waals surface area contributed by atoms with E-state index in [0.29, 0.717) is 25.7 Å². The number of aliphatic hydroxyl groups is 2. The summed E-state index contributed by atoms with van der Waals surface area (Å²) in [6.45, 7) is 1.83. The second-order valence-electron chi connectivity index (χ2n) is 5.47. The lowest BCUT2D eigenvalue weighted by molar-refractivity contribution is -0.140. The van der Waals surface area contributed by atoms with Crippen LogP contribution in [0.1, 0.15) is 71.1 Å². The number of carbonyl (C=O) groups is 1. The Bertz CT molecular complexity index is 422. The molecule has 0 aliphatic heterocycles. The summed E-state index contributed by atoms with van der Waals surface area (Å²) in [5.74, 6) is 11.7. The highest BCUT2D eigenvalue weighted by Crippen LogP contribution is 2.07. The highest BCUT2D eigenvalue weighted by atomic mass is 16.5. The third-order valence-electron chi connectivity index (χ3n) is 3.51. The molecule has 4 nitrogen and oxygen atoms in total. The van der Waals surface area contributed by atoms with Gasteiger partial charge in [0, 0.05) is 19.3 Å². The molecule has 0 aromatic heterocycles. The minimum Gasteiger partial charge on any atom is -0.469 e. The number of carbonyl (C=O) groups excluding carboxylic acids is 1. The number of ether oxygens (including phenoxy) is 1. The van der Waals surface area contributed by atoms with Gasteiger partial charge in [0.05, 0.1) is 25.7 Å². The van der Waals surface area contributed by atoms with Gasteiger partial charge in [-0.2, -0.15) is 0 Å². The van der Waals surface area contributed by atoms with Crippen LogP contribution in [-0.4, -0.2) is 35.5 Å². The van der Waals surface area contributed by atoms with Gasteiger partial charge in [0.2, 0.25) is 0 Å². The second kappa shape index (κ2) is 15.4. The molecule has 0 bridgehead atoms. The minimum absolute atomic E-state index is 0.131. The van der Waals surface area contributed by atoms with Crippen LogP contribution in [0.25, 0.3) is 0 Å². The molecule has 0 saturated carbocycles. The van der Waals surface area contributed by atoms with Crippen molar-refractivity contribution in [3.63, 3.8) is 0 Å². The molecule has 0 heterocycles. The van der Waals surface area contributed by atoms with Crippen molar-refractivity contribution in [1.82, 2.24) is 0 Å². The molecule has 0 spiro atoms. The lowest BCUT2D eigenvalue weighted by Gasteiger charge is -2.12. The van der Waals surface area contributed by atoms with Crippen LogP contribution in [0.15, 0.2) is 0 Å². The lowest BCUT2D eigenvalue weighted by atomic mass is 10.1. The number of aliphatic hydroxyl groups excluding tert-OH is 2. The molecule has 4 heteroatoms. The van der Waals surface area contributed by atoms with Crippen LogP contribution < -0.4 is 0 Å². The Hall–Kier alpha value is -1.49. The van der Waals surface area contributed by atoms with Crippen LogP contribution in [0.3, 0.4) is 0 Å². The zero-order chi connectivity index (χ0) is 17.3. The second-order valence-corrected chi connectivity index (χ2v) is 5.47. The number of methoxy groups -OCH3 is 1. The van der Waals surface area contributed by atoms with Crippen LogP contribution in [0.2, 0.25) is 0 Å². The van der Waals surface area contributed by atoms with E-state index in [4.69, 9.17) is 0 Å². The van der Waals surface area contributed by atoms with Crippen LogP contribution >= 0.6 is 0 Å². The molecule has 130 valence electrons. The predicted molar refractivity (Wildman–Crippen MR) is 91.4 cm³/mol. The van der Waals surface area contributed by atoms with Gasteiger partial charge in [0.1, 0.15) is 0 Å². The van der Waals surface area contributed by atoms with Crippen molar-refractivity contribution in [1.29, 1.82) is 0 Å². The van der Waals surface area contributed by atoms with E-state index in [2.05, 4.69) is 28.4 Å². The van der Waals surface area contributed by atoms with Gasteiger partial charge in [-0.1, -0.05) is 43.9 Å². The Morgan fingerprint density at radius 1 is 0.957 bits per heavy atom. The Morgan fingerprint density at radius 3 is 2.30 bits per heavy atom. The maximum Gasteiger partial charge on any atom is 0.305 e. The summed E-state index contributed by atoms with van der Waals surface area (Å²) >= 11 is 0. The van der Waals surface area contributed by atoms with E-state index in [9.17, 15) is 15.0 Å². The summed E-state index contributed by atoms with van der Waals surface area (Å²) in [6, 6.07) is 0. The van der Waals surface area contributed by atoms with E-state index >= 15 is 0 Å². The Morgan fingerprint density at radius 2 is 1.61 bits per heavy atom. The van der Waals surface area contributed by atoms with E-state index < -0.39 is 12.2 Å². The van der Waals surface area contributed by atoms with Crippen molar-refractivity contribution >= 4 is 5.97 Å². The van der Waals surface area contributed by atoms with Crippen molar-refractivity contribution < 1.29 is 19.7 Å². The van der Waals surface area contributed by atoms with Gasteiger partial charge in [-0.15, -0.1) is 5.92 Å². The fraction of sp³-hybridized carbons (Fsp3) is 0.737. The molecule has 0 aliphatic carbocycles. The Balaban J connectivity index is 3.48. The molecule has 0 aromatic carbocycles. The van der Waals surface area contributed by atoms with Gasteiger partial charge >= 0.3 is 5.97 Å². The normalized spacial score (nSPS) is 12.3. The van der Waals surface area contributed by atoms with E-state index in [-0.39, 0.29) is 5.97 Å². The maximum absolute atomic E-state index is 10.9. The fourth-order valence-corrected chi connectivity index (χ4v) is 1.96. The number of rotatable bonds is 10. The first-order valence-corrected chi connectivity index (χ1v) is 8.46. The first-order valence-electron chi connectivity index (χ1n) is 8.46. The molecule has 0 rings (SSSR count). The average Bonchev–Trinajstić information content (AvgIpc) is 2.57. The third kappa shape index (κ3) is 13.9. The molecule has 2 N–H and O–H groups in total. The Labute approximate surface area is 140 Å². The predicted octanol–water partition coefficient (Wildman–Crippen LogP) is 2.81. The van der Waals surface area contributed by atoms with Gasteiger partial charge in [-0.05, 0) is 19.3 Å². The molecular weight excluding hydrogens is 292 g/mol. The number of unbranched alkanes of at least 4 members (excludes halogenated alkanes) is 5. The zero-order valence-electron chi connectivity index (χ0n) is 14.4. The molecule has 23 heavy (non-hydrogen) atoms. The van der Waals surface area contributed by atoms with E-state index in [1.807, 2.05) is 6.92 Å². The largest absolute Gasteiger partial charge is 0.469 e. The van der Waals surface area contributed by atoms with Crippen molar-refractivity contribution in [2.75, 3.05) is 7.11 Å². The lowest BCUT2D eigenvalue weighted by Crippen LogP contribution is -2.24. The summed E-state index contributed by atoms with van der Waals surface area (Å²) in [6.07, 6.45) is 6.53. The summed E-state index contributed by atoms with van der Waals surface area (Å²) in [5.41, 5.74) is 0. The third-order valence-corrected chi connectivity index (χ3v) is 3.51. The molecule has 0 fully saturated rings. The molecule has 0 amide bonds. The van der Waals surface area contributed by atoms with Crippen molar-refractivity contribution in [2.45, 2.75) is 83.3 Å². The summed E-state index contributed by atoms with van der Waals surface area (Å²) in [4.78, 5) is 10.9. The van der Waals surface area contributed by atoms with Crippen LogP contribution in [-0.2, 0) is 9.53 Å². The molecule has 0 aromatic rings. The SMILES string of the molecule is CCC(O)C(O)CC#CCC#CCCCCCCCC(=O)OC. The maximum atomic E-state index is 10.9.